The number of likely N-dealkylation sites (tertiary alicyclic amines) is 1. The Bertz CT molecular complexity index is 1020. The van der Waals surface area contributed by atoms with Crippen molar-refractivity contribution >= 4 is 18.0 Å². The number of rotatable bonds is 9. The number of carbonyl (C=O) groups is 3. The number of unbranched alkanes of at least 4 members (excludes halogenated alkanes) is 1. The van der Waals surface area contributed by atoms with Crippen molar-refractivity contribution in [1.82, 2.24) is 10.2 Å². The summed E-state index contributed by atoms with van der Waals surface area (Å²) >= 11 is 0. The number of carboxylic acids is 1. The molecule has 35 heavy (non-hydrogen) atoms. The third kappa shape index (κ3) is 5.66. The van der Waals surface area contributed by atoms with Crippen LogP contribution in [0.1, 0.15) is 68.9 Å². The fourth-order valence-corrected chi connectivity index (χ4v) is 5.30. The van der Waals surface area contributed by atoms with Crippen molar-refractivity contribution in [1.29, 1.82) is 0 Å². The minimum atomic E-state index is -0.965. The van der Waals surface area contributed by atoms with E-state index in [0.29, 0.717) is 19.4 Å². The highest BCUT2D eigenvalue weighted by Gasteiger charge is 2.33. The lowest BCUT2D eigenvalue weighted by molar-refractivity contribution is -0.152. The van der Waals surface area contributed by atoms with E-state index >= 15 is 0 Å². The molecule has 1 saturated heterocycles. The summed E-state index contributed by atoms with van der Waals surface area (Å²) in [6.45, 7) is 2.71. The second-order valence-corrected chi connectivity index (χ2v) is 9.45. The maximum absolute atomic E-state index is 13.0. The molecule has 7 nitrogen and oxygen atoms in total. The van der Waals surface area contributed by atoms with Crippen molar-refractivity contribution in [2.45, 2.75) is 69.9 Å². The highest BCUT2D eigenvalue weighted by atomic mass is 16.5. The lowest BCUT2D eigenvalue weighted by Gasteiger charge is -2.34. The monoisotopic (exact) mass is 478 g/mol. The number of nitrogens with one attached hydrogen (secondary N) is 1. The number of carbonyl (C=O) groups excluding carboxylic acids is 2. The number of hydrogen-bond acceptors (Lipinski definition) is 4. The largest absolute Gasteiger partial charge is 0.480 e. The SMILES string of the molecule is CCCCC(CC(=O)N1CCCCC1C(=O)O)NC(=O)OCC1c2ccccc2-c2ccccc21. The molecule has 0 radical (unpaired) electrons. The summed E-state index contributed by atoms with van der Waals surface area (Å²) in [5.74, 6) is -1.22. The van der Waals surface area contributed by atoms with Crippen molar-refractivity contribution in [3.63, 3.8) is 0 Å². The highest BCUT2D eigenvalue weighted by molar-refractivity contribution is 5.84. The van der Waals surface area contributed by atoms with E-state index < -0.39 is 24.1 Å². The fraction of sp³-hybridized carbons (Fsp3) is 0.464. The highest BCUT2D eigenvalue weighted by Crippen LogP contribution is 2.44. The molecule has 0 aromatic heterocycles. The summed E-state index contributed by atoms with van der Waals surface area (Å²) in [5, 5.41) is 12.4. The summed E-state index contributed by atoms with van der Waals surface area (Å²) < 4.78 is 5.67. The molecule has 2 unspecified atom stereocenters. The molecule has 0 spiro atoms. The van der Waals surface area contributed by atoms with Crippen LogP contribution in [-0.4, -0.2) is 53.2 Å². The minimum Gasteiger partial charge on any atom is -0.480 e. The second kappa shape index (κ2) is 11.4. The first kappa shape index (κ1) is 24.8. The van der Waals surface area contributed by atoms with Crippen molar-refractivity contribution in [2.24, 2.45) is 0 Å². The van der Waals surface area contributed by atoms with Crippen LogP contribution in [-0.2, 0) is 14.3 Å². The van der Waals surface area contributed by atoms with E-state index in [-0.39, 0.29) is 24.9 Å². The Kier molecular flexibility index (Phi) is 8.06. The Morgan fingerprint density at radius 1 is 1.06 bits per heavy atom. The molecule has 2 N–H and O–H groups in total. The minimum absolute atomic E-state index is 0.0338. The number of carboxylic acid groups (broad SMARTS) is 1. The molecule has 2 aromatic rings. The van der Waals surface area contributed by atoms with Gasteiger partial charge in [0.1, 0.15) is 12.6 Å². The lowest BCUT2D eigenvalue weighted by Crippen LogP contribution is -2.50. The first-order valence-corrected chi connectivity index (χ1v) is 12.6. The molecular weight excluding hydrogens is 444 g/mol. The Hall–Kier alpha value is -3.35. The van der Waals surface area contributed by atoms with Crippen LogP contribution in [0.3, 0.4) is 0 Å². The van der Waals surface area contributed by atoms with Gasteiger partial charge in [-0.25, -0.2) is 9.59 Å². The van der Waals surface area contributed by atoms with Crippen molar-refractivity contribution in [3.05, 3.63) is 59.7 Å². The molecule has 0 saturated carbocycles. The standard InChI is InChI=1S/C28H34N2O5/c1-2-3-10-19(17-26(31)30-16-9-8-15-25(30)27(32)33)29-28(34)35-18-24-22-13-6-4-11-20(22)21-12-5-7-14-23(21)24/h4-7,11-14,19,24-25H,2-3,8-10,15-18H2,1H3,(H,29,34)(H,32,33). The van der Waals surface area contributed by atoms with Crippen molar-refractivity contribution in [2.75, 3.05) is 13.2 Å². The Labute approximate surface area is 206 Å². The molecular formula is C28H34N2O5. The number of hydrogen-bond donors (Lipinski definition) is 2. The Morgan fingerprint density at radius 2 is 1.71 bits per heavy atom. The number of amides is 2. The van der Waals surface area contributed by atoms with E-state index in [9.17, 15) is 19.5 Å². The molecule has 1 heterocycles. The number of alkyl carbamates (subject to hydrolysis) is 1. The number of aliphatic carboxylic acids is 1. The van der Waals surface area contributed by atoms with E-state index in [1.807, 2.05) is 24.3 Å². The van der Waals surface area contributed by atoms with Gasteiger partial charge in [0.25, 0.3) is 0 Å². The van der Waals surface area contributed by atoms with Crippen molar-refractivity contribution < 1.29 is 24.2 Å². The molecule has 0 bridgehead atoms. The van der Waals surface area contributed by atoms with Gasteiger partial charge in [-0.15, -0.1) is 0 Å². The first-order chi connectivity index (χ1) is 17.0. The summed E-state index contributed by atoms with van der Waals surface area (Å²) in [6, 6.07) is 15.2. The zero-order chi connectivity index (χ0) is 24.8. The molecule has 1 aliphatic heterocycles. The van der Waals surface area contributed by atoms with Crippen LogP contribution in [0.4, 0.5) is 4.79 Å². The summed E-state index contributed by atoms with van der Waals surface area (Å²) in [5.41, 5.74) is 4.61. The van der Waals surface area contributed by atoms with Gasteiger partial charge in [-0.1, -0.05) is 68.3 Å². The molecule has 2 aromatic carbocycles. The molecule has 2 aliphatic rings. The van der Waals surface area contributed by atoms with Gasteiger partial charge in [-0.05, 0) is 47.9 Å². The summed E-state index contributed by atoms with van der Waals surface area (Å²) in [7, 11) is 0. The van der Waals surface area contributed by atoms with E-state index in [1.165, 1.54) is 4.90 Å². The first-order valence-electron chi connectivity index (χ1n) is 12.6. The van der Waals surface area contributed by atoms with Gasteiger partial charge in [-0.3, -0.25) is 4.79 Å². The lowest BCUT2D eigenvalue weighted by atomic mass is 9.98. The molecule has 2 atom stereocenters. The number of fused-ring (bicyclic) bond motifs is 3. The molecule has 1 aliphatic carbocycles. The second-order valence-electron chi connectivity index (χ2n) is 9.45. The summed E-state index contributed by atoms with van der Waals surface area (Å²) in [6.07, 6.45) is 4.02. The smallest absolute Gasteiger partial charge is 0.407 e. The van der Waals surface area contributed by atoms with Gasteiger partial charge in [0.2, 0.25) is 5.91 Å². The third-order valence-corrected chi connectivity index (χ3v) is 7.10. The van der Waals surface area contributed by atoms with Crippen molar-refractivity contribution in [3.8, 4) is 11.1 Å². The maximum atomic E-state index is 13.0. The van der Waals surface area contributed by atoms with Crippen LogP contribution in [0.2, 0.25) is 0 Å². The number of benzene rings is 2. The number of nitrogens with zero attached hydrogens (tertiary/aromatic N) is 1. The van der Waals surface area contributed by atoms with Crippen LogP contribution in [0, 0.1) is 0 Å². The Balaban J connectivity index is 1.38. The molecule has 4 rings (SSSR count). The van der Waals surface area contributed by atoms with E-state index in [1.54, 1.807) is 0 Å². The maximum Gasteiger partial charge on any atom is 0.407 e. The van der Waals surface area contributed by atoms with Gasteiger partial charge in [-0.2, -0.15) is 0 Å². The number of ether oxygens (including phenoxy) is 1. The van der Waals surface area contributed by atoms with Gasteiger partial charge in [0, 0.05) is 24.9 Å². The molecule has 7 heteroatoms. The van der Waals surface area contributed by atoms with Crippen LogP contribution in [0.5, 0.6) is 0 Å². The van der Waals surface area contributed by atoms with E-state index in [4.69, 9.17) is 4.74 Å². The van der Waals surface area contributed by atoms with Crippen LogP contribution in [0.15, 0.2) is 48.5 Å². The normalized spacial score (nSPS) is 17.9. The fourth-order valence-electron chi connectivity index (χ4n) is 5.30. The molecule has 2 amide bonds. The molecule has 1 fully saturated rings. The van der Waals surface area contributed by atoms with Crippen LogP contribution in [0.25, 0.3) is 11.1 Å². The number of piperidine rings is 1. The average Bonchev–Trinajstić information content (AvgIpc) is 3.19. The zero-order valence-corrected chi connectivity index (χ0v) is 20.2. The van der Waals surface area contributed by atoms with E-state index in [2.05, 4.69) is 36.5 Å². The third-order valence-electron chi connectivity index (χ3n) is 7.10. The summed E-state index contributed by atoms with van der Waals surface area (Å²) in [4.78, 5) is 38.8. The van der Waals surface area contributed by atoms with Gasteiger partial charge >= 0.3 is 12.1 Å². The van der Waals surface area contributed by atoms with E-state index in [0.717, 1.165) is 47.9 Å². The van der Waals surface area contributed by atoms with Crippen LogP contribution >= 0.6 is 0 Å². The Morgan fingerprint density at radius 3 is 2.34 bits per heavy atom. The van der Waals surface area contributed by atoms with Crippen LogP contribution < -0.4 is 5.32 Å². The predicted molar refractivity (Wildman–Crippen MR) is 133 cm³/mol. The quantitative estimate of drug-likeness (QED) is 0.532. The van der Waals surface area contributed by atoms with Gasteiger partial charge < -0.3 is 20.1 Å². The average molecular weight is 479 g/mol. The zero-order valence-electron chi connectivity index (χ0n) is 20.2. The topological polar surface area (TPSA) is 95.9 Å². The van der Waals surface area contributed by atoms with Gasteiger partial charge in [0.05, 0.1) is 0 Å². The van der Waals surface area contributed by atoms with Gasteiger partial charge in [0.15, 0.2) is 0 Å². The molecule has 186 valence electrons. The predicted octanol–water partition coefficient (Wildman–Crippen LogP) is 4.94.